The highest BCUT2D eigenvalue weighted by Gasteiger charge is 2.37. The highest BCUT2D eigenvalue weighted by molar-refractivity contribution is 9.10. The van der Waals surface area contributed by atoms with Gasteiger partial charge in [-0.25, -0.2) is 4.98 Å². The van der Waals surface area contributed by atoms with Crippen molar-refractivity contribution in [1.29, 1.82) is 0 Å². The molecule has 4 heterocycles. The lowest BCUT2D eigenvalue weighted by Crippen LogP contribution is -2.39. The van der Waals surface area contributed by atoms with Crippen molar-refractivity contribution in [2.24, 2.45) is 5.92 Å². The first-order valence-corrected chi connectivity index (χ1v) is 11.3. The molecule has 1 unspecified atom stereocenters. The molecule has 158 valence electrons. The summed E-state index contributed by atoms with van der Waals surface area (Å²) in [5.74, 6) is -0.205. The average molecular weight is 479 g/mol. The van der Waals surface area contributed by atoms with Crippen LogP contribution < -0.4 is 4.90 Å². The van der Waals surface area contributed by atoms with Gasteiger partial charge in [0.05, 0.1) is 5.92 Å². The molecule has 2 aromatic heterocycles. The van der Waals surface area contributed by atoms with Crippen LogP contribution in [0.4, 0.5) is 5.69 Å². The molecule has 0 bridgehead atoms. The van der Waals surface area contributed by atoms with Gasteiger partial charge in [-0.3, -0.25) is 9.59 Å². The van der Waals surface area contributed by atoms with Crippen molar-refractivity contribution in [1.82, 2.24) is 14.9 Å². The molecule has 1 fully saturated rings. The molecule has 0 spiro atoms. The van der Waals surface area contributed by atoms with E-state index in [0.717, 1.165) is 38.7 Å². The molecule has 1 N–H and O–H groups in total. The molecule has 1 atom stereocenters. The summed E-state index contributed by atoms with van der Waals surface area (Å²) in [7, 11) is 0. The fourth-order valence-electron chi connectivity index (χ4n) is 4.51. The number of carbonyl (C=O) groups excluding carboxylic acids is 2. The summed E-state index contributed by atoms with van der Waals surface area (Å²) in [6, 6.07) is 9.86. The summed E-state index contributed by atoms with van der Waals surface area (Å²) in [4.78, 5) is 37.0. The minimum atomic E-state index is -0.288. The predicted octanol–water partition coefficient (Wildman–Crippen LogP) is 4.30. The topological polar surface area (TPSA) is 69.3 Å². The second-order valence-electron chi connectivity index (χ2n) is 8.20. The van der Waals surface area contributed by atoms with Crippen LogP contribution in [0, 0.1) is 12.8 Å². The largest absolute Gasteiger partial charge is 0.346 e. The van der Waals surface area contributed by atoms with Crippen LogP contribution in [0.1, 0.15) is 24.0 Å². The number of halogens is 1. The van der Waals surface area contributed by atoms with Gasteiger partial charge in [-0.1, -0.05) is 22.0 Å². The van der Waals surface area contributed by atoms with Gasteiger partial charge >= 0.3 is 0 Å². The number of nitrogens with one attached hydrogen (secondary N) is 1. The zero-order valence-corrected chi connectivity index (χ0v) is 18.9. The molecule has 6 nitrogen and oxygen atoms in total. The molecule has 2 aliphatic heterocycles. The van der Waals surface area contributed by atoms with Crippen LogP contribution in [0.5, 0.6) is 0 Å². The Morgan fingerprint density at radius 3 is 2.94 bits per heavy atom. The zero-order valence-electron chi connectivity index (χ0n) is 17.3. The number of carbonyl (C=O) groups is 2. The van der Waals surface area contributed by atoms with Gasteiger partial charge in [0.2, 0.25) is 11.8 Å². The van der Waals surface area contributed by atoms with E-state index in [0.29, 0.717) is 19.6 Å². The maximum absolute atomic E-state index is 13.1. The molecule has 2 amide bonds. The highest BCUT2D eigenvalue weighted by Crippen LogP contribution is 2.32. The molecule has 5 rings (SSSR count). The van der Waals surface area contributed by atoms with Gasteiger partial charge in [-0.05, 0) is 54.8 Å². The molecule has 3 aromatic rings. The third-order valence-electron chi connectivity index (χ3n) is 6.25. The van der Waals surface area contributed by atoms with E-state index < -0.39 is 0 Å². The molecule has 2 aliphatic rings. The number of aromatic nitrogens is 2. The van der Waals surface area contributed by atoms with E-state index in [4.69, 9.17) is 0 Å². The Morgan fingerprint density at radius 2 is 2.16 bits per heavy atom. The number of anilines is 1. The monoisotopic (exact) mass is 478 g/mol. The molecule has 0 aliphatic carbocycles. The first-order valence-electron chi connectivity index (χ1n) is 10.5. The van der Waals surface area contributed by atoms with Crippen molar-refractivity contribution in [3.05, 3.63) is 64.4 Å². The summed E-state index contributed by atoms with van der Waals surface area (Å²) in [5.41, 5.74) is 5.20. The van der Waals surface area contributed by atoms with E-state index in [1.165, 1.54) is 5.57 Å². The van der Waals surface area contributed by atoms with Gasteiger partial charge in [0.25, 0.3) is 0 Å². The summed E-state index contributed by atoms with van der Waals surface area (Å²) in [5, 5.41) is 1.11. The SMILES string of the molecule is Cc1cc(N2CC(C(=O)N3CC=C(c4c[nH]c5ncccc45)CC3)CC2=O)ccc1Br. The van der Waals surface area contributed by atoms with Gasteiger partial charge in [0.1, 0.15) is 5.65 Å². The molecule has 7 heteroatoms. The van der Waals surface area contributed by atoms with E-state index in [2.05, 4.69) is 38.0 Å². The van der Waals surface area contributed by atoms with Crippen LogP contribution in [-0.4, -0.2) is 46.3 Å². The lowest BCUT2D eigenvalue weighted by atomic mass is 9.98. The van der Waals surface area contributed by atoms with Gasteiger partial charge in [0.15, 0.2) is 0 Å². The quantitative estimate of drug-likeness (QED) is 0.609. The minimum absolute atomic E-state index is 0.0135. The van der Waals surface area contributed by atoms with Crippen molar-refractivity contribution >= 4 is 50.0 Å². The van der Waals surface area contributed by atoms with Crippen LogP contribution in [0.25, 0.3) is 16.6 Å². The average Bonchev–Trinajstić information content (AvgIpc) is 3.39. The summed E-state index contributed by atoms with van der Waals surface area (Å²) >= 11 is 3.50. The number of aryl methyl sites for hydroxylation is 1. The Kier molecular flexibility index (Phi) is 5.14. The number of fused-ring (bicyclic) bond motifs is 1. The van der Waals surface area contributed by atoms with Gasteiger partial charge in [0, 0.05) is 59.6 Å². The molecular weight excluding hydrogens is 456 g/mol. The fourth-order valence-corrected chi connectivity index (χ4v) is 4.76. The zero-order chi connectivity index (χ0) is 21.5. The van der Waals surface area contributed by atoms with E-state index in [1.807, 2.05) is 42.3 Å². The van der Waals surface area contributed by atoms with E-state index in [-0.39, 0.29) is 24.2 Å². The molecular formula is C24H23BrN4O2. The third-order valence-corrected chi connectivity index (χ3v) is 7.14. The number of H-pyrrole nitrogens is 1. The van der Waals surface area contributed by atoms with Crippen LogP contribution in [-0.2, 0) is 9.59 Å². The number of benzene rings is 1. The van der Waals surface area contributed by atoms with Crippen molar-refractivity contribution in [2.45, 2.75) is 19.8 Å². The number of aromatic amines is 1. The number of hydrogen-bond acceptors (Lipinski definition) is 3. The molecule has 0 radical (unpaired) electrons. The first-order chi connectivity index (χ1) is 15.0. The number of nitrogens with zero attached hydrogens (tertiary/aromatic N) is 3. The molecule has 31 heavy (non-hydrogen) atoms. The first kappa shape index (κ1) is 20.0. The number of pyridine rings is 1. The van der Waals surface area contributed by atoms with Gasteiger partial charge in [-0.2, -0.15) is 0 Å². The van der Waals surface area contributed by atoms with Gasteiger partial charge < -0.3 is 14.8 Å². The van der Waals surface area contributed by atoms with E-state index in [1.54, 1.807) is 11.1 Å². The van der Waals surface area contributed by atoms with Crippen LogP contribution in [0.3, 0.4) is 0 Å². The van der Waals surface area contributed by atoms with Gasteiger partial charge in [-0.15, -0.1) is 0 Å². The lowest BCUT2D eigenvalue weighted by Gasteiger charge is -2.28. The second-order valence-corrected chi connectivity index (χ2v) is 9.06. The van der Waals surface area contributed by atoms with Crippen LogP contribution in [0.15, 0.2) is 53.3 Å². The molecule has 1 aromatic carbocycles. The third kappa shape index (κ3) is 3.67. The predicted molar refractivity (Wildman–Crippen MR) is 125 cm³/mol. The van der Waals surface area contributed by atoms with E-state index >= 15 is 0 Å². The molecule has 1 saturated heterocycles. The lowest BCUT2D eigenvalue weighted by molar-refractivity contribution is -0.135. The number of rotatable bonds is 3. The van der Waals surface area contributed by atoms with Crippen molar-refractivity contribution in [3.63, 3.8) is 0 Å². The maximum atomic E-state index is 13.1. The second kappa shape index (κ2) is 7.96. The fraction of sp³-hybridized carbons (Fsp3) is 0.292. The summed E-state index contributed by atoms with van der Waals surface area (Å²) < 4.78 is 1.01. The minimum Gasteiger partial charge on any atom is -0.346 e. The Hall–Kier alpha value is -2.93. The van der Waals surface area contributed by atoms with E-state index in [9.17, 15) is 9.59 Å². The highest BCUT2D eigenvalue weighted by atomic mass is 79.9. The summed E-state index contributed by atoms with van der Waals surface area (Å²) in [6.45, 7) is 3.68. The van der Waals surface area contributed by atoms with Crippen molar-refractivity contribution in [3.8, 4) is 0 Å². The standard InChI is InChI=1S/C24H23BrN4O2/c1-15-11-18(4-5-21(15)25)29-14-17(12-22(29)30)24(31)28-9-6-16(7-10-28)20-13-27-23-19(20)3-2-8-26-23/h2-6,8,11,13,17H,7,9-10,12,14H2,1H3,(H,26,27). The number of amides is 2. The molecule has 0 saturated carbocycles. The maximum Gasteiger partial charge on any atom is 0.228 e. The normalized spacial score (nSPS) is 19.2. The van der Waals surface area contributed by atoms with Crippen molar-refractivity contribution in [2.75, 3.05) is 24.5 Å². The van der Waals surface area contributed by atoms with Crippen molar-refractivity contribution < 1.29 is 9.59 Å². The van der Waals surface area contributed by atoms with Crippen LogP contribution in [0.2, 0.25) is 0 Å². The van der Waals surface area contributed by atoms with Crippen LogP contribution >= 0.6 is 15.9 Å². The Morgan fingerprint density at radius 1 is 1.29 bits per heavy atom. The smallest absolute Gasteiger partial charge is 0.228 e. The summed E-state index contributed by atoms with van der Waals surface area (Å²) in [6.07, 6.45) is 6.97. The Balaban J connectivity index is 1.28. The Labute approximate surface area is 189 Å². The Bertz CT molecular complexity index is 1220. The number of hydrogen-bond donors (Lipinski definition) is 1.